The molecule has 0 heterocycles. The van der Waals surface area contributed by atoms with E-state index < -0.39 is 7.12 Å². The van der Waals surface area contributed by atoms with Gasteiger partial charge < -0.3 is 10.0 Å². The van der Waals surface area contributed by atoms with E-state index in [1.54, 1.807) is 6.08 Å². The van der Waals surface area contributed by atoms with E-state index in [4.69, 9.17) is 5.26 Å². The minimum atomic E-state index is -1.60. The first-order valence-corrected chi connectivity index (χ1v) is 10.9. The molecule has 1 rings (SSSR count). The highest BCUT2D eigenvalue weighted by Crippen LogP contribution is 2.57. The van der Waals surface area contributed by atoms with Crippen LogP contribution in [0.15, 0.2) is 107 Å². The van der Waals surface area contributed by atoms with Crippen LogP contribution in [0.4, 0.5) is 0 Å². The summed E-state index contributed by atoms with van der Waals surface area (Å²) in [4.78, 5) is 0. The van der Waals surface area contributed by atoms with Crippen molar-refractivity contribution in [1.29, 1.82) is 5.26 Å². The second-order valence-corrected chi connectivity index (χ2v) is 8.11. The average Bonchev–Trinajstić information content (AvgIpc) is 2.98. The van der Waals surface area contributed by atoms with Gasteiger partial charge in [-0.05, 0) is 68.3 Å². The maximum Gasteiger partial charge on any atom is 0.487 e. The van der Waals surface area contributed by atoms with Crippen LogP contribution in [0.5, 0.6) is 0 Å². The number of nitrogens with zero attached hydrogens (tertiary/aromatic N) is 1. The highest BCUT2D eigenvalue weighted by atomic mass is 16.4. The summed E-state index contributed by atoms with van der Waals surface area (Å²) in [6, 6.07) is 2.16. The zero-order chi connectivity index (χ0) is 24.5. The van der Waals surface area contributed by atoms with Gasteiger partial charge in [-0.2, -0.15) is 5.26 Å². The molecule has 0 spiro atoms. The van der Waals surface area contributed by atoms with Crippen LogP contribution in [0.1, 0.15) is 53.9 Å². The van der Waals surface area contributed by atoms with E-state index in [1.807, 2.05) is 44.2 Å². The van der Waals surface area contributed by atoms with Gasteiger partial charge >= 0.3 is 7.12 Å². The predicted octanol–water partition coefficient (Wildman–Crippen LogP) is 6.65. The van der Waals surface area contributed by atoms with Gasteiger partial charge in [-0.1, -0.05) is 85.9 Å². The SMILES string of the molecule is C=CC1=C(C)[C@](CC)(/C(C)=C(/C=C\C(=C)B(O)O)C/C(C)=C\CC#N)/C(=C/C=C\C)C1=C. The van der Waals surface area contributed by atoms with Crippen LogP contribution in [0, 0.1) is 16.7 Å². The monoisotopic (exact) mass is 429 g/mol. The zero-order valence-corrected chi connectivity index (χ0v) is 20.2. The molecule has 0 amide bonds. The molecule has 0 aromatic heterocycles. The first-order valence-electron chi connectivity index (χ1n) is 10.9. The van der Waals surface area contributed by atoms with Crippen molar-refractivity contribution in [3.05, 3.63) is 107 Å². The fourth-order valence-corrected chi connectivity index (χ4v) is 4.45. The van der Waals surface area contributed by atoms with E-state index in [0.717, 1.165) is 39.9 Å². The Balaban J connectivity index is 3.89. The van der Waals surface area contributed by atoms with Crippen LogP contribution < -0.4 is 0 Å². The lowest BCUT2D eigenvalue weighted by molar-refractivity contribution is 0.421. The molecular weight excluding hydrogens is 393 g/mol. The molecule has 3 nitrogen and oxygen atoms in total. The Morgan fingerprint density at radius 1 is 1.25 bits per heavy atom. The van der Waals surface area contributed by atoms with Crippen LogP contribution in [-0.2, 0) is 0 Å². The van der Waals surface area contributed by atoms with Gasteiger partial charge in [0.15, 0.2) is 0 Å². The van der Waals surface area contributed by atoms with Crippen LogP contribution in [0.2, 0.25) is 0 Å². The van der Waals surface area contributed by atoms with Crippen molar-refractivity contribution in [3.63, 3.8) is 0 Å². The van der Waals surface area contributed by atoms with Crippen molar-refractivity contribution in [1.82, 2.24) is 0 Å². The lowest BCUT2D eigenvalue weighted by Crippen LogP contribution is -2.24. The molecule has 168 valence electrons. The standard InChI is InChI=1S/C28H36BNO2/c1-9-12-15-27-22(6)26(10-2)24(8)28(27,11-3)23(7)25(17-16-21(5)29(31)32)19-20(4)14-13-18-30/h9-10,12,14-17,31-32H,2,5-6,11,13,19H2,1,3-4,7-8H3/b12-9-,17-16-,20-14-,25-23-,27-15+/t28-/m0/s1. The van der Waals surface area contributed by atoms with E-state index in [-0.39, 0.29) is 10.9 Å². The van der Waals surface area contributed by atoms with Crippen molar-refractivity contribution in [2.45, 2.75) is 53.9 Å². The molecule has 0 saturated heterocycles. The minimum absolute atomic E-state index is 0.221. The smallest absolute Gasteiger partial charge is 0.423 e. The summed E-state index contributed by atoms with van der Waals surface area (Å²) in [5, 5.41) is 27.9. The fourth-order valence-electron chi connectivity index (χ4n) is 4.45. The number of nitriles is 1. The molecule has 2 N–H and O–H groups in total. The van der Waals surface area contributed by atoms with E-state index in [2.05, 4.69) is 52.7 Å². The quantitative estimate of drug-likeness (QED) is 0.232. The van der Waals surface area contributed by atoms with Crippen LogP contribution >= 0.6 is 0 Å². The molecule has 0 fully saturated rings. The Bertz CT molecular complexity index is 993. The van der Waals surface area contributed by atoms with E-state index >= 15 is 0 Å². The Morgan fingerprint density at radius 3 is 2.41 bits per heavy atom. The van der Waals surface area contributed by atoms with Crippen LogP contribution in [0.3, 0.4) is 0 Å². The highest BCUT2D eigenvalue weighted by molar-refractivity contribution is 6.51. The predicted molar refractivity (Wildman–Crippen MR) is 137 cm³/mol. The zero-order valence-electron chi connectivity index (χ0n) is 20.2. The Morgan fingerprint density at radius 2 is 1.91 bits per heavy atom. The van der Waals surface area contributed by atoms with E-state index in [1.165, 1.54) is 5.57 Å². The molecule has 1 aliphatic carbocycles. The molecule has 1 atom stereocenters. The summed E-state index contributed by atoms with van der Waals surface area (Å²) in [7, 11) is -1.60. The first kappa shape index (κ1) is 27.2. The summed E-state index contributed by atoms with van der Waals surface area (Å²) in [5.41, 5.74) is 7.55. The second kappa shape index (κ2) is 12.2. The van der Waals surface area contributed by atoms with Gasteiger partial charge in [0.1, 0.15) is 0 Å². The molecule has 1 aliphatic rings. The molecule has 0 aromatic rings. The van der Waals surface area contributed by atoms with Crippen LogP contribution in [-0.4, -0.2) is 17.2 Å². The topological polar surface area (TPSA) is 64.2 Å². The fraction of sp³-hybridized carbons (Fsp3) is 0.321. The summed E-state index contributed by atoms with van der Waals surface area (Å²) in [5.74, 6) is 0. The molecule has 0 unspecified atom stereocenters. The van der Waals surface area contributed by atoms with Crippen LogP contribution in [0.25, 0.3) is 0 Å². The number of allylic oxidation sites excluding steroid dienone is 15. The third-order valence-corrected chi connectivity index (χ3v) is 6.31. The van der Waals surface area contributed by atoms with Crippen molar-refractivity contribution >= 4 is 7.12 Å². The molecule has 32 heavy (non-hydrogen) atoms. The van der Waals surface area contributed by atoms with Gasteiger partial charge in [0.2, 0.25) is 0 Å². The molecule has 0 aromatic carbocycles. The summed E-state index contributed by atoms with van der Waals surface area (Å²) >= 11 is 0. The van der Waals surface area contributed by atoms with Gasteiger partial charge in [0.05, 0.1) is 12.5 Å². The molecule has 4 heteroatoms. The van der Waals surface area contributed by atoms with Gasteiger partial charge in [-0.15, -0.1) is 0 Å². The maximum atomic E-state index is 9.46. The number of hydrogen-bond donors (Lipinski definition) is 2. The van der Waals surface area contributed by atoms with Gasteiger partial charge in [-0.25, -0.2) is 0 Å². The molecule has 0 radical (unpaired) electrons. The van der Waals surface area contributed by atoms with E-state index in [0.29, 0.717) is 12.8 Å². The van der Waals surface area contributed by atoms with Gasteiger partial charge in [0.25, 0.3) is 0 Å². The van der Waals surface area contributed by atoms with Gasteiger partial charge in [-0.3, -0.25) is 0 Å². The first-order chi connectivity index (χ1) is 15.1. The normalized spacial score (nSPS) is 21.5. The molecule has 0 bridgehead atoms. The Hall–Kier alpha value is -2.87. The van der Waals surface area contributed by atoms with Gasteiger partial charge in [0, 0.05) is 5.41 Å². The van der Waals surface area contributed by atoms with E-state index in [9.17, 15) is 10.0 Å². The largest absolute Gasteiger partial charge is 0.487 e. The molecular formula is C28H36BNO2. The third kappa shape index (κ3) is 5.68. The lowest BCUT2D eigenvalue weighted by atomic mass is 9.67. The summed E-state index contributed by atoms with van der Waals surface area (Å²) in [6.07, 6.45) is 15.4. The minimum Gasteiger partial charge on any atom is -0.423 e. The summed E-state index contributed by atoms with van der Waals surface area (Å²) < 4.78 is 0. The average molecular weight is 429 g/mol. The van der Waals surface area contributed by atoms with Crippen molar-refractivity contribution in [3.8, 4) is 6.07 Å². The number of rotatable bonds is 10. The second-order valence-electron chi connectivity index (χ2n) is 8.11. The lowest BCUT2D eigenvalue weighted by Gasteiger charge is -2.35. The Kier molecular flexibility index (Phi) is 10.4. The number of hydrogen-bond acceptors (Lipinski definition) is 3. The van der Waals surface area contributed by atoms with Crippen molar-refractivity contribution in [2.75, 3.05) is 0 Å². The Labute approximate surface area is 194 Å². The molecule has 0 aliphatic heterocycles. The summed E-state index contributed by atoms with van der Waals surface area (Å²) in [6.45, 7) is 22.6. The van der Waals surface area contributed by atoms with Crippen molar-refractivity contribution in [2.24, 2.45) is 5.41 Å². The highest BCUT2D eigenvalue weighted by Gasteiger charge is 2.44. The third-order valence-electron chi connectivity index (χ3n) is 6.31. The maximum absolute atomic E-state index is 9.46. The molecule has 0 saturated carbocycles. The van der Waals surface area contributed by atoms with Crippen molar-refractivity contribution < 1.29 is 10.0 Å².